The zero-order valence-electron chi connectivity index (χ0n) is 13.9. The number of nitrogens with one attached hydrogen (secondary N) is 1. The van der Waals surface area contributed by atoms with Crippen LogP contribution in [0.5, 0.6) is 11.9 Å². The number of aromatic nitrogens is 5. The van der Waals surface area contributed by atoms with Crippen LogP contribution in [-0.4, -0.2) is 52.3 Å². The second-order valence-electron chi connectivity index (χ2n) is 5.88. The molecule has 1 aliphatic rings. The van der Waals surface area contributed by atoms with Gasteiger partial charge in [-0.05, 0) is 12.8 Å². The van der Waals surface area contributed by atoms with Crippen LogP contribution >= 0.6 is 0 Å². The second kappa shape index (κ2) is 7.24. The standard InChI is InChI=1S/C15H21N7O2/c1-21(2)13-16-14(22-9-5-3-4-6-10-22)18-15(17-13)24-12-8-7-11(23)19-20-12/h7-8H,3-6,9-10H2,1-2H3,(H,19,23). The van der Waals surface area contributed by atoms with Gasteiger partial charge in [0.1, 0.15) is 0 Å². The highest BCUT2D eigenvalue weighted by molar-refractivity contribution is 5.39. The third kappa shape index (κ3) is 3.98. The summed E-state index contributed by atoms with van der Waals surface area (Å²) in [6, 6.07) is 2.97. The maximum Gasteiger partial charge on any atom is 0.330 e. The summed E-state index contributed by atoms with van der Waals surface area (Å²) in [6.07, 6.45) is 4.71. The molecule has 9 nitrogen and oxygen atoms in total. The lowest BCUT2D eigenvalue weighted by Crippen LogP contribution is -2.27. The van der Waals surface area contributed by atoms with E-state index < -0.39 is 0 Å². The average molecular weight is 331 g/mol. The molecule has 1 aliphatic heterocycles. The van der Waals surface area contributed by atoms with Crippen LogP contribution in [0.4, 0.5) is 11.9 Å². The predicted octanol–water partition coefficient (Wildman–Crippen LogP) is 1.19. The van der Waals surface area contributed by atoms with E-state index in [9.17, 15) is 4.79 Å². The number of ether oxygens (including phenoxy) is 1. The van der Waals surface area contributed by atoms with E-state index in [0.717, 1.165) is 25.9 Å². The van der Waals surface area contributed by atoms with Crippen LogP contribution in [0.15, 0.2) is 16.9 Å². The van der Waals surface area contributed by atoms with Crippen molar-refractivity contribution in [2.45, 2.75) is 25.7 Å². The van der Waals surface area contributed by atoms with Crippen LogP contribution in [0.2, 0.25) is 0 Å². The van der Waals surface area contributed by atoms with Crippen LogP contribution in [-0.2, 0) is 0 Å². The fraction of sp³-hybridized carbons (Fsp3) is 0.533. The summed E-state index contributed by atoms with van der Waals surface area (Å²) in [5, 5.41) is 6.14. The molecule has 2 aromatic heterocycles. The highest BCUT2D eigenvalue weighted by Crippen LogP contribution is 2.22. The molecule has 0 amide bonds. The minimum Gasteiger partial charge on any atom is -0.403 e. The Kier molecular flexibility index (Phi) is 4.88. The van der Waals surface area contributed by atoms with Crippen LogP contribution in [0.25, 0.3) is 0 Å². The van der Waals surface area contributed by atoms with Crippen molar-refractivity contribution in [3.63, 3.8) is 0 Å². The molecule has 9 heteroatoms. The zero-order chi connectivity index (χ0) is 16.9. The second-order valence-corrected chi connectivity index (χ2v) is 5.88. The monoisotopic (exact) mass is 331 g/mol. The van der Waals surface area contributed by atoms with Crippen molar-refractivity contribution >= 4 is 11.9 Å². The first-order chi connectivity index (χ1) is 11.6. The summed E-state index contributed by atoms with van der Waals surface area (Å²) >= 11 is 0. The number of aromatic amines is 1. The largest absolute Gasteiger partial charge is 0.403 e. The summed E-state index contributed by atoms with van der Waals surface area (Å²) in [4.78, 5) is 28.3. The summed E-state index contributed by atoms with van der Waals surface area (Å²) in [5.41, 5.74) is -0.294. The molecule has 0 bridgehead atoms. The zero-order valence-corrected chi connectivity index (χ0v) is 13.9. The van der Waals surface area contributed by atoms with E-state index in [1.54, 1.807) is 4.90 Å². The Hall–Kier alpha value is -2.71. The number of rotatable bonds is 4. The molecule has 0 atom stereocenters. The van der Waals surface area contributed by atoms with Crippen molar-refractivity contribution in [3.8, 4) is 11.9 Å². The van der Waals surface area contributed by atoms with E-state index in [0.29, 0.717) is 11.9 Å². The Labute approximate surface area is 139 Å². The van der Waals surface area contributed by atoms with Gasteiger partial charge in [0.2, 0.25) is 17.8 Å². The lowest BCUT2D eigenvalue weighted by Gasteiger charge is -2.21. The molecule has 2 aromatic rings. The van der Waals surface area contributed by atoms with Gasteiger partial charge in [-0.3, -0.25) is 4.79 Å². The van der Waals surface area contributed by atoms with Crippen molar-refractivity contribution in [1.82, 2.24) is 25.1 Å². The van der Waals surface area contributed by atoms with Gasteiger partial charge in [0.05, 0.1) is 0 Å². The van der Waals surface area contributed by atoms with Gasteiger partial charge in [0.25, 0.3) is 5.56 Å². The van der Waals surface area contributed by atoms with E-state index in [1.807, 2.05) is 14.1 Å². The van der Waals surface area contributed by atoms with Crippen molar-refractivity contribution in [2.24, 2.45) is 0 Å². The summed E-state index contributed by atoms with van der Waals surface area (Å²) < 4.78 is 5.59. The van der Waals surface area contributed by atoms with Crippen molar-refractivity contribution < 1.29 is 4.74 Å². The SMILES string of the molecule is CN(C)c1nc(Oc2ccc(=O)[nH]n2)nc(N2CCCCCC2)n1. The lowest BCUT2D eigenvalue weighted by molar-refractivity contribution is 0.416. The maximum atomic E-state index is 11.1. The van der Waals surface area contributed by atoms with E-state index in [-0.39, 0.29) is 17.4 Å². The van der Waals surface area contributed by atoms with Gasteiger partial charge in [0.15, 0.2) is 0 Å². The van der Waals surface area contributed by atoms with Gasteiger partial charge in [-0.15, -0.1) is 5.10 Å². The summed E-state index contributed by atoms with van der Waals surface area (Å²) in [5.74, 6) is 1.35. The van der Waals surface area contributed by atoms with Gasteiger partial charge < -0.3 is 14.5 Å². The topological polar surface area (TPSA) is 100 Å². The first-order valence-corrected chi connectivity index (χ1v) is 8.04. The van der Waals surface area contributed by atoms with E-state index in [2.05, 4.69) is 30.0 Å². The quantitative estimate of drug-likeness (QED) is 0.892. The molecule has 0 unspecified atom stereocenters. The predicted molar refractivity (Wildman–Crippen MR) is 89.8 cm³/mol. The number of H-pyrrole nitrogens is 1. The number of hydrogen-bond acceptors (Lipinski definition) is 8. The van der Waals surface area contributed by atoms with Gasteiger partial charge in [0, 0.05) is 39.3 Å². The molecular weight excluding hydrogens is 310 g/mol. The van der Waals surface area contributed by atoms with Crippen LogP contribution < -0.4 is 20.1 Å². The van der Waals surface area contributed by atoms with Crippen LogP contribution in [0.3, 0.4) is 0 Å². The van der Waals surface area contributed by atoms with Gasteiger partial charge >= 0.3 is 6.01 Å². The van der Waals surface area contributed by atoms with E-state index >= 15 is 0 Å². The Morgan fingerprint density at radius 3 is 2.46 bits per heavy atom. The van der Waals surface area contributed by atoms with Crippen LogP contribution in [0, 0.1) is 0 Å². The maximum absolute atomic E-state index is 11.1. The Bertz CT molecular complexity index is 718. The molecule has 3 rings (SSSR count). The summed E-state index contributed by atoms with van der Waals surface area (Å²) in [6.45, 7) is 1.85. The Balaban J connectivity index is 1.89. The molecule has 3 heterocycles. The van der Waals surface area contributed by atoms with Gasteiger partial charge in [-0.25, -0.2) is 5.10 Å². The smallest absolute Gasteiger partial charge is 0.330 e. The molecule has 24 heavy (non-hydrogen) atoms. The van der Waals surface area contributed by atoms with Crippen molar-refractivity contribution in [1.29, 1.82) is 0 Å². The highest BCUT2D eigenvalue weighted by atomic mass is 16.5. The first kappa shape index (κ1) is 16.2. The molecule has 0 spiro atoms. The fourth-order valence-corrected chi connectivity index (χ4v) is 2.48. The Morgan fingerprint density at radius 2 is 1.83 bits per heavy atom. The third-order valence-electron chi connectivity index (χ3n) is 3.73. The lowest BCUT2D eigenvalue weighted by atomic mass is 10.2. The number of hydrogen-bond donors (Lipinski definition) is 1. The first-order valence-electron chi connectivity index (χ1n) is 8.04. The number of anilines is 2. The van der Waals surface area contributed by atoms with Gasteiger partial charge in [-0.2, -0.15) is 15.0 Å². The molecular formula is C15H21N7O2. The van der Waals surface area contributed by atoms with E-state index in [1.165, 1.54) is 25.0 Å². The Morgan fingerprint density at radius 1 is 1.08 bits per heavy atom. The van der Waals surface area contributed by atoms with E-state index in [4.69, 9.17) is 4.74 Å². The third-order valence-corrected chi connectivity index (χ3v) is 3.73. The van der Waals surface area contributed by atoms with Crippen LogP contribution in [0.1, 0.15) is 25.7 Å². The molecule has 0 aliphatic carbocycles. The van der Waals surface area contributed by atoms with Crippen molar-refractivity contribution in [2.75, 3.05) is 37.0 Å². The molecule has 1 N–H and O–H groups in total. The van der Waals surface area contributed by atoms with Gasteiger partial charge in [-0.1, -0.05) is 12.8 Å². The summed E-state index contributed by atoms with van der Waals surface area (Å²) in [7, 11) is 3.73. The molecule has 128 valence electrons. The minimum absolute atomic E-state index is 0.160. The average Bonchev–Trinajstić information content (AvgIpc) is 2.86. The molecule has 0 aromatic carbocycles. The molecule has 0 radical (unpaired) electrons. The molecule has 1 fully saturated rings. The highest BCUT2D eigenvalue weighted by Gasteiger charge is 2.17. The normalized spacial score (nSPS) is 15.0. The number of nitrogens with zero attached hydrogens (tertiary/aromatic N) is 6. The fourth-order valence-electron chi connectivity index (χ4n) is 2.48. The van der Waals surface area contributed by atoms with Crippen molar-refractivity contribution in [3.05, 3.63) is 22.5 Å². The minimum atomic E-state index is -0.294. The molecule has 1 saturated heterocycles. The molecule has 0 saturated carbocycles.